The van der Waals surface area contributed by atoms with Crippen molar-refractivity contribution in [3.05, 3.63) is 29.3 Å². The fourth-order valence-electron chi connectivity index (χ4n) is 2.81. The Balaban J connectivity index is 1.96. The number of aryl methyl sites for hydroxylation is 2. The topological polar surface area (TPSA) is 58.2 Å². The van der Waals surface area contributed by atoms with Crippen molar-refractivity contribution in [3.8, 4) is 0 Å². The predicted octanol–water partition coefficient (Wildman–Crippen LogP) is 2.94. The second-order valence-corrected chi connectivity index (χ2v) is 6.11. The molecule has 2 atom stereocenters. The summed E-state index contributed by atoms with van der Waals surface area (Å²) in [7, 11) is 0. The van der Waals surface area contributed by atoms with Crippen molar-refractivity contribution in [1.29, 1.82) is 0 Å². The monoisotopic (exact) mass is 288 g/mol. The summed E-state index contributed by atoms with van der Waals surface area (Å²) in [6, 6.07) is 5.92. The molecular formula is C17H24N2O2. The van der Waals surface area contributed by atoms with Gasteiger partial charge in [0.25, 0.3) is 0 Å². The molecule has 0 unspecified atom stereocenters. The molecule has 0 saturated heterocycles. The predicted molar refractivity (Wildman–Crippen MR) is 84.1 cm³/mol. The molecule has 2 N–H and O–H groups in total. The van der Waals surface area contributed by atoms with Gasteiger partial charge in [-0.05, 0) is 49.8 Å². The number of carbonyl (C=O) groups excluding carboxylic acids is 2. The molecule has 0 aliphatic heterocycles. The van der Waals surface area contributed by atoms with Crippen molar-refractivity contribution in [2.45, 2.75) is 52.5 Å². The molecule has 1 aromatic carbocycles. The van der Waals surface area contributed by atoms with Crippen LogP contribution in [-0.4, -0.2) is 17.9 Å². The summed E-state index contributed by atoms with van der Waals surface area (Å²) in [6.07, 6.45) is 4.41. The summed E-state index contributed by atoms with van der Waals surface area (Å²) in [6.45, 7) is 6.00. The molecule has 2 rings (SSSR count). The van der Waals surface area contributed by atoms with E-state index in [2.05, 4.69) is 17.6 Å². The number of hydrogen-bond donors (Lipinski definition) is 2. The molecule has 0 heterocycles. The minimum atomic E-state index is -0.582. The fraction of sp³-hybridized carbons (Fsp3) is 0.529. The van der Waals surface area contributed by atoms with Crippen molar-refractivity contribution >= 4 is 17.5 Å². The molecule has 2 amide bonds. The van der Waals surface area contributed by atoms with Crippen LogP contribution in [0, 0.1) is 19.8 Å². The lowest BCUT2D eigenvalue weighted by Crippen LogP contribution is -2.45. The Morgan fingerprint density at radius 3 is 2.52 bits per heavy atom. The van der Waals surface area contributed by atoms with Gasteiger partial charge in [-0.3, -0.25) is 9.59 Å². The van der Waals surface area contributed by atoms with Gasteiger partial charge < -0.3 is 10.6 Å². The van der Waals surface area contributed by atoms with Crippen LogP contribution in [0.1, 0.15) is 43.7 Å². The van der Waals surface area contributed by atoms with E-state index in [4.69, 9.17) is 0 Å². The standard InChI is InChI=1S/C17H24N2O2/c1-11-8-9-13(3)15(10-11)19-17(21)16(20)18-14-7-5-4-6-12(14)2/h8-10,12,14H,4-7H2,1-3H3,(H,18,20)(H,19,21)/t12-,14+/m1/s1. The quantitative estimate of drug-likeness (QED) is 0.822. The molecule has 1 aromatic rings. The lowest BCUT2D eigenvalue weighted by atomic mass is 9.86. The maximum atomic E-state index is 12.0. The summed E-state index contributed by atoms with van der Waals surface area (Å²) in [4.78, 5) is 24.1. The van der Waals surface area contributed by atoms with E-state index in [1.807, 2.05) is 32.0 Å². The number of carbonyl (C=O) groups is 2. The van der Waals surface area contributed by atoms with E-state index in [0.717, 1.165) is 30.4 Å². The van der Waals surface area contributed by atoms with Crippen LogP contribution in [-0.2, 0) is 9.59 Å². The van der Waals surface area contributed by atoms with Crippen LogP contribution in [0.5, 0.6) is 0 Å². The molecule has 114 valence electrons. The molecule has 0 bridgehead atoms. The third-order valence-electron chi connectivity index (χ3n) is 4.28. The molecule has 1 saturated carbocycles. The van der Waals surface area contributed by atoms with Gasteiger partial charge in [-0.25, -0.2) is 0 Å². The van der Waals surface area contributed by atoms with E-state index in [0.29, 0.717) is 11.6 Å². The number of amides is 2. The number of hydrogen-bond acceptors (Lipinski definition) is 2. The SMILES string of the molecule is Cc1ccc(C)c(NC(=O)C(=O)N[C@H]2CCCC[C@H]2C)c1. The van der Waals surface area contributed by atoms with Gasteiger partial charge in [0.2, 0.25) is 0 Å². The molecule has 0 spiro atoms. The zero-order valence-corrected chi connectivity index (χ0v) is 13.0. The second-order valence-electron chi connectivity index (χ2n) is 6.11. The number of rotatable bonds is 2. The highest BCUT2D eigenvalue weighted by atomic mass is 16.2. The molecule has 1 fully saturated rings. The normalized spacial score (nSPS) is 21.7. The van der Waals surface area contributed by atoms with Crippen LogP contribution >= 0.6 is 0 Å². The molecule has 4 heteroatoms. The summed E-state index contributed by atoms with van der Waals surface area (Å²) >= 11 is 0. The van der Waals surface area contributed by atoms with Crippen LogP contribution in [0.3, 0.4) is 0 Å². The van der Waals surface area contributed by atoms with Gasteiger partial charge in [0.1, 0.15) is 0 Å². The van der Waals surface area contributed by atoms with E-state index in [9.17, 15) is 9.59 Å². The van der Waals surface area contributed by atoms with Crippen molar-refractivity contribution in [1.82, 2.24) is 5.32 Å². The summed E-state index contributed by atoms with van der Waals surface area (Å²) in [5, 5.41) is 5.58. The Morgan fingerprint density at radius 1 is 1.10 bits per heavy atom. The Morgan fingerprint density at radius 2 is 1.81 bits per heavy atom. The van der Waals surface area contributed by atoms with Crippen LogP contribution in [0.25, 0.3) is 0 Å². The van der Waals surface area contributed by atoms with Crippen LogP contribution in [0.4, 0.5) is 5.69 Å². The third kappa shape index (κ3) is 4.06. The van der Waals surface area contributed by atoms with Gasteiger partial charge in [-0.1, -0.05) is 31.9 Å². The average Bonchev–Trinajstić information content (AvgIpc) is 2.45. The molecule has 21 heavy (non-hydrogen) atoms. The lowest BCUT2D eigenvalue weighted by Gasteiger charge is -2.29. The van der Waals surface area contributed by atoms with E-state index in [1.54, 1.807) is 0 Å². The van der Waals surface area contributed by atoms with Gasteiger partial charge in [0.05, 0.1) is 0 Å². The lowest BCUT2D eigenvalue weighted by molar-refractivity contribution is -0.137. The van der Waals surface area contributed by atoms with Gasteiger partial charge in [-0.15, -0.1) is 0 Å². The van der Waals surface area contributed by atoms with E-state index in [-0.39, 0.29) is 6.04 Å². The Hall–Kier alpha value is -1.84. The van der Waals surface area contributed by atoms with Crippen molar-refractivity contribution < 1.29 is 9.59 Å². The first kappa shape index (κ1) is 15.5. The highest BCUT2D eigenvalue weighted by Crippen LogP contribution is 2.23. The molecule has 1 aliphatic rings. The van der Waals surface area contributed by atoms with Crippen LogP contribution in [0.15, 0.2) is 18.2 Å². The zero-order chi connectivity index (χ0) is 15.4. The minimum absolute atomic E-state index is 0.121. The number of nitrogens with one attached hydrogen (secondary N) is 2. The van der Waals surface area contributed by atoms with Crippen molar-refractivity contribution in [2.75, 3.05) is 5.32 Å². The summed E-state index contributed by atoms with van der Waals surface area (Å²) in [5.41, 5.74) is 2.71. The third-order valence-corrected chi connectivity index (χ3v) is 4.28. The number of benzene rings is 1. The van der Waals surface area contributed by atoms with E-state index in [1.165, 1.54) is 6.42 Å². The molecule has 0 aromatic heterocycles. The first-order valence-corrected chi connectivity index (χ1v) is 7.66. The summed E-state index contributed by atoms with van der Waals surface area (Å²) < 4.78 is 0. The zero-order valence-electron chi connectivity index (χ0n) is 13.0. The molecule has 4 nitrogen and oxygen atoms in total. The first-order chi connectivity index (χ1) is 9.97. The smallest absolute Gasteiger partial charge is 0.313 e. The first-order valence-electron chi connectivity index (χ1n) is 7.66. The molecule has 1 aliphatic carbocycles. The average molecular weight is 288 g/mol. The van der Waals surface area contributed by atoms with E-state index < -0.39 is 11.8 Å². The van der Waals surface area contributed by atoms with Gasteiger partial charge in [0.15, 0.2) is 0 Å². The van der Waals surface area contributed by atoms with E-state index >= 15 is 0 Å². The molecule has 0 radical (unpaired) electrons. The molecular weight excluding hydrogens is 264 g/mol. The fourth-order valence-corrected chi connectivity index (χ4v) is 2.81. The highest BCUT2D eigenvalue weighted by molar-refractivity contribution is 6.39. The van der Waals surface area contributed by atoms with Gasteiger partial charge in [-0.2, -0.15) is 0 Å². The van der Waals surface area contributed by atoms with Crippen LogP contribution < -0.4 is 10.6 Å². The Labute approximate surface area is 126 Å². The maximum Gasteiger partial charge on any atom is 0.313 e. The largest absolute Gasteiger partial charge is 0.345 e. The number of anilines is 1. The van der Waals surface area contributed by atoms with Crippen molar-refractivity contribution in [3.63, 3.8) is 0 Å². The maximum absolute atomic E-state index is 12.0. The van der Waals surface area contributed by atoms with Gasteiger partial charge >= 0.3 is 11.8 Å². The van der Waals surface area contributed by atoms with Gasteiger partial charge in [0, 0.05) is 11.7 Å². The Bertz CT molecular complexity index is 540. The second kappa shape index (κ2) is 6.74. The van der Waals surface area contributed by atoms with Crippen molar-refractivity contribution in [2.24, 2.45) is 5.92 Å². The van der Waals surface area contributed by atoms with Crippen LogP contribution in [0.2, 0.25) is 0 Å². The Kier molecular flexibility index (Phi) is 4.99. The highest BCUT2D eigenvalue weighted by Gasteiger charge is 2.25. The minimum Gasteiger partial charge on any atom is -0.345 e. The summed E-state index contributed by atoms with van der Waals surface area (Å²) in [5.74, 6) is -0.674.